The Morgan fingerprint density at radius 1 is 1.24 bits per heavy atom. The molecule has 5 heteroatoms. The molecule has 0 aliphatic carbocycles. The summed E-state index contributed by atoms with van der Waals surface area (Å²) in [4.78, 5) is 15.0. The molecular formula is C16H31N3O2. The number of carbonyl (C=O) groups is 1. The van der Waals surface area contributed by atoms with Gasteiger partial charge in [-0.3, -0.25) is 4.79 Å². The topological polar surface area (TPSA) is 78.9 Å². The molecule has 0 aromatic heterocycles. The second-order valence-corrected chi connectivity index (χ2v) is 7.02. The second-order valence-electron chi connectivity index (χ2n) is 7.02. The first kappa shape index (κ1) is 17.8. The summed E-state index contributed by atoms with van der Waals surface area (Å²) in [7, 11) is 0. The molecule has 0 saturated carbocycles. The van der Waals surface area contributed by atoms with Crippen molar-refractivity contribution in [2.24, 2.45) is 21.7 Å². The van der Waals surface area contributed by atoms with E-state index in [-0.39, 0.29) is 11.7 Å². The minimum atomic E-state index is -0.834. The lowest BCUT2D eigenvalue weighted by molar-refractivity contribution is -0.141. The Hall–Kier alpha value is -1.26. The van der Waals surface area contributed by atoms with Gasteiger partial charge in [-0.25, -0.2) is 0 Å². The van der Waals surface area contributed by atoms with Gasteiger partial charge in [0.1, 0.15) is 5.41 Å². The summed E-state index contributed by atoms with van der Waals surface area (Å²) in [6.07, 6.45) is 4.94. The first-order valence-corrected chi connectivity index (χ1v) is 8.10. The summed E-state index contributed by atoms with van der Waals surface area (Å²) in [5.41, 5.74) is 5.40. The van der Waals surface area contributed by atoms with Crippen LogP contribution in [0.2, 0.25) is 0 Å². The van der Waals surface area contributed by atoms with Crippen LogP contribution in [0.1, 0.15) is 66.2 Å². The Morgan fingerprint density at radius 2 is 1.71 bits per heavy atom. The van der Waals surface area contributed by atoms with Crippen LogP contribution in [-0.2, 0) is 4.79 Å². The van der Waals surface area contributed by atoms with Crippen LogP contribution >= 0.6 is 0 Å². The van der Waals surface area contributed by atoms with Crippen LogP contribution in [0.4, 0.5) is 0 Å². The van der Waals surface area contributed by atoms with Crippen molar-refractivity contribution < 1.29 is 10.0 Å². The van der Waals surface area contributed by atoms with Gasteiger partial charge in [0, 0.05) is 13.1 Å². The molecule has 0 aromatic carbocycles. The van der Waals surface area contributed by atoms with Gasteiger partial charge in [-0.2, -0.15) is 0 Å². The number of rotatable bonds is 6. The van der Waals surface area contributed by atoms with Gasteiger partial charge < -0.3 is 15.8 Å². The van der Waals surface area contributed by atoms with Crippen molar-refractivity contribution in [2.45, 2.75) is 66.2 Å². The molecule has 3 N–H and O–H groups in total. The highest BCUT2D eigenvalue weighted by atomic mass is 16.4. The van der Waals surface area contributed by atoms with Crippen molar-refractivity contribution in [2.75, 3.05) is 13.1 Å². The van der Waals surface area contributed by atoms with Crippen LogP contribution in [-0.4, -0.2) is 34.9 Å². The molecule has 0 atom stereocenters. The fraction of sp³-hybridized carbons (Fsp3) is 0.875. The van der Waals surface area contributed by atoms with Crippen molar-refractivity contribution in [1.29, 1.82) is 0 Å². The third-order valence-corrected chi connectivity index (χ3v) is 4.77. The molecule has 5 nitrogen and oxygen atoms in total. The van der Waals surface area contributed by atoms with E-state index >= 15 is 0 Å². The van der Waals surface area contributed by atoms with E-state index < -0.39 is 5.41 Å². The van der Waals surface area contributed by atoms with Crippen LogP contribution in [0, 0.1) is 10.8 Å². The molecule has 1 saturated heterocycles. The van der Waals surface area contributed by atoms with Gasteiger partial charge in [0.2, 0.25) is 5.91 Å². The van der Waals surface area contributed by atoms with Crippen LogP contribution in [0.5, 0.6) is 0 Å². The number of amides is 1. The number of likely N-dealkylation sites (tertiary alicyclic amines) is 1. The largest absolute Gasteiger partial charge is 0.409 e. The summed E-state index contributed by atoms with van der Waals surface area (Å²) < 4.78 is 0. The monoisotopic (exact) mass is 297 g/mol. The Balaban J connectivity index is 3.00. The molecule has 1 rings (SSSR count). The van der Waals surface area contributed by atoms with Crippen molar-refractivity contribution in [3.63, 3.8) is 0 Å². The Kier molecular flexibility index (Phi) is 6.05. The number of piperidine rings is 1. The molecule has 0 aromatic rings. The number of nitrogens with zero attached hydrogens (tertiary/aromatic N) is 2. The highest BCUT2D eigenvalue weighted by Crippen LogP contribution is 2.36. The van der Waals surface area contributed by atoms with E-state index in [2.05, 4.69) is 19.0 Å². The van der Waals surface area contributed by atoms with E-state index in [1.54, 1.807) is 0 Å². The van der Waals surface area contributed by atoms with Crippen molar-refractivity contribution >= 4 is 11.7 Å². The third-order valence-electron chi connectivity index (χ3n) is 4.77. The molecule has 1 aliphatic rings. The fourth-order valence-electron chi connectivity index (χ4n) is 3.27. The van der Waals surface area contributed by atoms with Crippen molar-refractivity contribution in [3.05, 3.63) is 0 Å². The number of nitrogens with two attached hydrogens (primary N) is 1. The maximum absolute atomic E-state index is 13.1. The van der Waals surface area contributed by atoms with Gasteiger partial charge in [0.25, 0.3) is 0 Å². The van der Waals surface area contributed by atoms with Gasteiger partial charge in [-0.1, -0.05) is 45.7 Å². The van der Waals surface area contributed by atoms with Crippen LogP contribution in [0.3, 0.4) is 0 Å². The molecule has 0 unspecified atom stereocenters. The molecule has 0 spiro atoms. The first-order valence-electron chi connectivity index (χ1n) is 8.10. The summed E-state index contributed by atoms with van der Waals surface area (Å²) in [5.74, 6) is 0.109. The van der Waals surface area contributed by atoms with E-state index in [4.69, 9.17) is 10.9 Å². The number of oxime groups is 1. The van der Waals surface area contributed by atoms with Crippen LogP contribution < -0.4 is 5.73 Å². The van der Waals surface area contributed by atoms with Crippen LogP contribution in [0.25, 0.3) is 0 Å². The maximum Gasteiger partial charge on any atom is 0.236 e. The highest BCUT2D eigenvalue weighted by Gasteiger charge is 2.45. The minimum Gasteiger partial charge on any atom is -0.409 e. The zero-order valence-electron chi connectivity index (χ0n) is 14.0. The Morgan fingerprint density at radius 3 is 2.10 bits per heavy atom. The predicted molar refractivity (Wildman–Crippen MR) is 85.3 cm³/mol. The number of amidine groups is 1. The smallest absolute Gasteiger partial charge is 0.236 e. The van der Waals surface area contributed by atoms with Gasteiger partial charge in [-0.15, -0.1) is 0 Å². The quantitative estimate of drug-likeness (QED) is 0.342. The van der Waals surface area contributed by atoms with Gasteiger partial charge in [0.05, 0.1) is 0 Å². The van der Waals surface area contributed by atoms with Crippen LogP contribution in [0.15, 0.2) is 5.16 Å². The summed E-state index contributed by atoms with van der Waals surface area (Å²) in [6.45, 7) is 10.1. The molecule has 1 aliphatic heterocycles. The van der Waals surface area contributed by atoms with Gasteiger partial charge in [-0.05, 0) is 31.1 Å². The SMILES string of the molecule is CCCC(CCC)(C(=O)N1CCC(C)(C)CC1)C(N)=NO. The molecular weight excluding hydrogens is 266 g/mol. The Bertz CT molecular complexity index is 375. The molecule has 1 fully saturated rings. The standard InChI is InChI=1S/C16H31N3O2/c1-5-7-16(8-6-2,13(17)18-21)14(20)19-11-9-15(3,4)10-12-19/h21H,5-12H2,1-4H3,(H2,17,18). The fourth-order valence-corrected chi connectivity index (χ4v) is 3.27. The molecule has 122 valence electrons. The average Bonchev–Trinajstić information content (AvgIpc) is 2.45. The second kappa shape index (κ2) is 7.14. The number of hydrogen-bond donors (Lipinski definition) is 2. The molecule has 1 amide bonds. The lowest BCUT2D eigenvalue weighted by atomic mass is 9.75. The van der Waals surface area contributed by atoms with E-state index in [1.807, 2.05) is 18.7 Å². The third kappa shape index (κ3) is 3.89. The maximum atomic E-state index is 13.1. The number of hydrogen-bond acceptors (Lipinski definition) is 3. The molecule has 1 heterocycles. The van der Waals surface area contributed by atoms with Gasteiger partial charge >= 0.3 is 0 Å². The lowest BCUT2D eigenvalue weighted by Gasteiger charge is -2.42. The molecule has 21 heavy (non-hydrogen) atoms. The van der Waals surface area contributed by atoms with Gasteiger partial charge in [0.15, 0.2) is 5.84 Å². The summed E-state index contributed by atoms with van der Waals surface area (Å²) >= 11 is 0. The molecule has 0 radical (unpaired) electrons. The normalized spacial score (nSPS) is 19.6. The minimum absolute atomic E-state index is 0.0389. The zero-order chi connectivity index (χ0) is 16.1. The van der Waals surface area contributed by atoms with E-state index in [1.165, 1.54) is 0 Å². The predicted octanol–water partition coefficient (Wildman–Crippen LogP) is 2.97. The first-order chi connectivity index (χ1) is 9.83. The van der Waals surface area contributed by atoms with E-state index in [0.717, 1.165) is 38.8 Å². The van der Waals surface area contributed by atoms with E-state index in [9.17, 15) is 4.79 Å². The van der Waals surface area contributed by atoms with Crippen molar-refractivity contribution in [1.82, 2.24) is 4.90 Å². The summed E-state index contributed by atoms with van der Waals surface area (Å²) in [6, 6.07) is 0. The average molecular weight is 297 g/mol. The molecule has 0 bridgehead atoms. The lowest BCUT2D eigenvalue weighted by Crippen LogP contribution is -2.54. The zero-order valence-corrected chi connectivity index (χ0v) is 14.0. The Labute approximate surface area is 128 Å². The summed E-state index contributed by atoms with van der Waals surface area (Å²) in [5, 5.41) is 12.3. The number of carbonyl (C=O) groups excluding carboxylic acids is 1. The van der Waals surface area contributed by atoms with E-state index in [0.29, 0.717) is 18.3 Å². The highest BCUT2D eigenvalue weighted by molar-refractivity contribution is 6.06. The van der Waals surface area contributed by atoms with Crippen molar-refractivity contribution in [3.8, 4) is 0 Å².